The van der Waals surface area contributed by atoms with E-state index in [9.17, 15) is 18.4 Å². The second-order valence-corrected chi connectivity index (χ2v) is 15.1. The number of urea groups is 1. The molecule has 268 valence electrons. The van der Waals surface area contributed by atoms with Gasteiger partial charge in [0.1, 0.15) is 28.2 Å². The van der Waals surface area contributed by atoms with Gasteiger partial charge in [-0.2, -0.15) is 3.93 Å². The Morgan fingerprint density at radius 3 is 1.62 bits per heavy atom. The average molecular weight is 979 g/mol. The molecule has 1 fully saturated rings. The minimum Gasteiger partial charge on any atom is -0.271 e. The average Bonchev–Trinajstić information content (AvgIpc) is 3.24. The van der Waals surface area contributed by atoms with E-state index in [2.05, 4.69) is 68.2 Å². The van der Waals surface area contributed by atoms with E-state index in [-0.39, 0.29) is 17.5 Å². The molecule has 0 N–H and O–H groups in total. The van der Waals surface area contributed by atoms with Crippen LogP contribution < -0.4 is 0 Å². The van der Waals surface area contributed by atoms with Crippen LogP contribution in [0.15, 0.2) is 72.8 Å². The molecule has 0 atom stereocenters. The van der Waals surface area contributed by atoms with Crippen LogP contribution in [0.4, 0.5) is 13.6 Å². The number of nitrogens with zero attached hydrogens (tertiary/aromatic N) is 6. The van der Waals surface area contributed by atoms with Crippen molar-refractivity contribution in [2.45, 2.75) is 31.6 Å². The van der Waals surface area contributed by atoms with Gasteiger partial charge in [0.25, 0.3) is 5.91 Å². The number of para-hydroxylation sites is 2. The molecule has 0 radical (unpaired) electrons. The Morgan fingerprint density at radius 1 is 0.692 bits per heavy atom. The molecule has 17 heteroatoms. The highest BCUT2D eigenvalue weighted by Crippen LogP contribution is 2.35. The van der Waals surface area contributed by atoms with Crippen molar-refractivity contribution < 1.29 is 18.4 Å². The van der Waals surface area contributed by atoms with Gasteiger partial charge in [-0.3, -0.25) is 4.79 Å². The number of benzene rings is 4. The number of carbonyl (C=O) groups is 2. The number of aromatic nitrogens is 4. The van der Waals surface area contributed by atoms with Crippen molar-refractivity contribution >= 4 is 129 Å². The van der Waals surface area contributed by atoms with Crippen LogP contribution in [0.25, 0.3) is 44.6 Å². The van der Waals surface area contributed by atoms with Crippen molar-refractivity contribution in [1.29, 1.82) is 0 Å². The van der Waals surface area contributed by atoms with Gasteiger partial charge in [-0.05, 0) is 81.4 Å². The van der Waals surface area contributed by atoms with Crippen LogP contribution in [0.1, 0.15) is 25.2 Å². The van der Waals surface area contributed by atoms with Gasteiger partial charge in [-0.1, -0.05) is 74.5 Å². The number of carbonyl (C=O) groups excluding carboxylic acids is 2. The monoisotopic (exact) mass is 974 g/mol. The Kier molecular flexibility index (Phi) is 12.8. The van der Waals surface area contributed by atoms with Crippen LogP contribution in [0.5, 0.6) is 0 Å². The molecule has 0 spiro atoms. The quantitative estimate of drug-likeness (QED) is 0.0996. The third-order valence-corrected chi connectivity index (χ3v) is 11.2. The van der Waals surface area contributed by atoms with Gasteiger partial charge < -0.3 is 0 Å². The van der Waals surface area contributed by atoms with E-state index >= 15 is 0 Å². The number of fused-ring (bicyclic) bond motifs is 2. The van der Waals surface area contributed by atoms with Crippen molar-refractivity contribution in [2.24, 2.45) is 0 Å². The highest BCUT2D eigenvalue weighted by Gasteiger charge is 2.50. The summed E-state index contributed by atoms with van der Waals surface area (Å²) in [6, 6.07) is 18.7. The predicted molar refractivity (Wildman–Crippen MR) is 213 cm³/mol. The third kappa shape index (κ3) is 8.36. The maximum absolute atomic E-state index is 13.5. The maximum atomic E-state index is 13.5. The van der Waals surface area contributed by atoms with Gasteiger partial charge in [-0.15, -0.1) is 0 Å². The summed E-state index contributed by atoms with van der Waals surface area (Å²) < 4.78 is 29.1. The van der Waals surface area contributed by atoms with E-state index in [1.54, 1.807) is 26.0 Å². The summed E-state index contributed by atoms with van der Waals surface area (Å²) in [5.74, 6) is -1.03. The predicted octanol–water partition coefficient (Wildman–Crippen LogP) is 12.3. The summed E-state index contributed by atoms with van der Waals surface area (Å²) in [5, 5.41) is 2.32. The van der Waals surface area contributed by atoms with Crippen LogP contribution in [0.3, 0.4) is 0 Å². The number of halogens is 9. The second kappa shape index (κ2) is 16.5. The summed E-state index contributed by atoms with van der Waals surface area (Å²) in [5.41, 5.74) is 5.16. The molecule has 0 bridgehead atoms. The number of hydrogen-bond donors (Lipinski definition) is 0. The van der Waals surface area contributed by atoms with Crippen molar-refractivity contribution in [3.8, 4) is 22.5 Å². The Bertz CT molecular complexity index is 2370. The zero-order valence-corrected chi connectivity index (χ0v) is 34.8. The molecule has 6 aromatic rings. The highest BCUT2D eigenvalue weighted by atomic mass is 79.9. The summed E-state index contributed by atoms with van der Waals surface area (Å²) >= 11 is 33.8. The largest absolute Gasteiger partial charge is 0.348 e. The molecule has 4 aromatic carbocycles. The fourth-order valence-electron chi connectivity index (χ4n) is 4.86. The first kappa shape index (κ1) is 40.2. The van der Waals surface area contributed by atoms with Crippen LogP contribution >= 0.6 is 94.6 Å². The molecule has 0 saturated carbocycles. The molecule has 7 rings (SSSR count). The second-order valence-electron chi connectivity index (χ2n) is 11.5. The minimum atomic E-state index is -0.805. The van der Waals surface area contributed by atoms with Crippen LogP contribution in [0.2, 0.25) is 20.1 Å². The fraction of sp³-hybridized carbons (Fsp3) is 0.143. The summed E-state index contributed by atoms with van der Waals surface area (Å²) in [7, 11) is 0. The molecule has 8 nitrogen and oxygen atoms in total. The van der Waals surface area contributed by atoms with E-state index < -0.39 is 11.6 Å². The number of imide groups is 1. The molecule has 0 unspecified atom stereocenters. The summed E-state index contributed by atoms with van der Waals surface area (Å²) in [6.07, 6.45) is 0. The number of rotatable bonds is 3. The van der Waals surface area contributed by atoms with Crippen molar-refractivity contribution in [3.63, 3.8) is 0 Å². The van der Waals surface area contributed by atoms with E-state index in [0.717, 1.165) is 3.93 Å². The lowest BCUT2D eigenvalue weighted by atomic mass is 10.1. The first-order valence-corrected chi connectivity index (χ1v) is 19.0. The van der Waals surface area contributed by atoms with Gasteiger partial charge in [-0.25, -0.2) is 37.4 Å². The minimum absolute atomic E-state index is 0.278. The van der Waals surface area contributed by atoms with Gasteiger partial charge in [0.15, 0.2) is 0 Å². The lowest BCUT2D eigenvalue weighted by Crippen LogP contribution is -2.37. The Morgan fingerprint density at radius 2 is 1.17 bits per heavy atom. The van der Waals surface area contributed by atoms with Crippen LogP contribution in [-0.2, 0) is 10.1 Å². The van der Waals surface area contributed by atoms with Crippen molar-refractivity contribution in [1.82, 2.24) is 27.8 Å². The van der Waals surface area contributed by atoms with E-state index in [1.165, 1.54) is 40.3 Å². The molecule has 1 aliphatic heterocycles. The van der Waals surface area contributed by atoms with Crippen LogP contribution in [-0.4, -0.2) is 45.3 Å². The zero-order valence-electron chi connectivity index (χ0n) is 27.0. The molecule has 3 heterocycles. The maximum Gasteiger partial charge on any atom is 0.348 e. The zero-order chi connectivity index (χ0) is 38.1. The molecule has 2 aromatic heterocycles. The fourth-order valence-corrected chi connectivity index (χ4v) is 7.20. The number of amides is 3. The van der Waals surface area contributed by atoms with Crippen molar-refractivity contribution in [3.05, 3.63) is 116 Å². The molecule has 1 aliphatic rings. The smallest absolute Gasteiger partial charge is 0.271 e. The molecule has 0 aliphatic carbocycles. The van der Waals surface area contributed by atoms with Crippen molar-refractivity contribution in [2.75, 3.05) is 0 Å². The number of hydrogen-bond acceptors (Lipinski definition) is 6. The lowest BCUT2D eigenvalue weighted by molar-refractivity contribution is -0.127. The first-order valence-electron chi connectivity index (χ1n) is 14.9. The Balaban J connectivity index is 0.000000158. The SMILES string of the molecule is CC1(C)C(=O)N(Br)C(=O)N1Br.Cc1nc2cccc(Cl)c2nc1-c1cc(F)ccc1Cl.Fc1ccc(Cl)c(-c2nc3c(Cl)cccc3nc2CBr)c1. The molecule has 1 saturated heterocycles. The Labute approximate surface area is 342 Å². The molecular weight excluding hydrogens is 956 g/mol. The number of aryl methyl sites for hydroxylation is 1. The third-order valence-electron chi connectivity index (χ3n) is 7.56. The van der Waals surface area contributed by atoms with Gasteiger partial charge in [0.05, 0.1) is 86.2 Å². The first-order chi connectivity index (χ1) is 24.5. The van der Waals surface area contributed by atoms with Gasteiger partial charge in [0, 0.05) is 16.5 Å². The normalized spacial score (nSPS) is 13.6. The number of alkyl halides is 1. The highest BCUT2D eigenvalue weighted by molar-refractivity contribution is 9.09. The van der Waals surface area contributed by atoms with Crippen LogP contribution in [0, 0.1) is 18.6 Å². The standard InChI is InChI=1S/C15H8BrCl2FN2.C15H9Cl2FN2.C5H6Br2N2O2/c16-7-13-14(9-6-8(19)4-5-10(9)17)21-15-11(18)2-1-3-12(15)20-13;1-8-14(10-7-9(18)5-6-11(10)16)20-15-12(17)3-2-4-13(15)19-8;1-5(2)3(10)8(6)4(11)9(5)7/h1-6H,7H2;2-7H,1H3;1-2H3. The molecule has 3 amide bonds. The molecular formula is C35H23Br3Cl4F2N6O2. The summed E-state index contributed by atoms with van der Waals surface area (Å²) in [6.45, 7) is 5.12. The Hall–Kier alpha value is -3.04. The van der Waals surface area contributed by atoms with E-state index in [0.29, 0.717) is 81.4 Å². The van der Waals surface area contributed by atoms with E-state index in [4.69, 9.17) is 46.4 Å². The molecule has 52 heavy (non-hydrogen) atoms. The van der Waals surface area contributed by atoms with Gasteiger partial charge >= 0.3 is 6.03 Å². The van der Waals surface area contributed by atoms with Gasteiger partial charge in [0.2, 0.25) is 0 Å². The summed E-state index contributed by atoms with van der Waals surface area (Å²) in [4.78, 5) is 40.3. The van der Waals surface area contributed by atoms with E-state index in [1.807, 2.05) is 31.2 Å². The lowest BCUT2D eigenvalue weighted by Gasteiger charge is -2.19. The topological polar surface area (TPSA) is 92.2 Å².